The molecule has 1 aliphatic rings. The molecule has 0 amide bonds. The van der Waals surface area contributed by atoms with Crippen LogP contribution in [0.1, 0.15) is 24.0 Å². The van der Waals surface area contributed by atoms with Gasteiger partial charge in [0.15, 0.2) is 0 Å². The van der Waals surface area contributed by atoms with E-state index in [2.05, 4.69) is 36.4 Å². The largest absolute Gasteiger partial charge is 0.267 e. The van der Waals surface area contributed by atoms with E-state index < -0.39 is 10.1 Å². The first kappa shape index (κ1) is 13.6. The van der Waals surface area contributed by atoms with Gasteiger partial charge in [-0.15, -0.1) is 0 Å². The lowest BCUT2D eigenvalue weighted by molar-refractivity contribution is 0.190. The van der Waals surface area contributed by atoms with Gasteiger partial charge in [0.25, 0.3) is 10.1 Å². The third-order valence-electron chi connectivity index (χ3n) is 3.86. The van der Waals surface area contributed by atoms with Gasteiger partial charge in [0.1, 0.15) is 0 Å². The van der Waals surface area contributed by atoms with Gasteiger partial charge in [0.05, 0.1) is 12.4 Å². The van der Waals surface area contributed by atoms with Gasteiger partial charge in [0, 0.05) is 0 Å². The lowest BCUT2D eigenvalue weighted by Crippen LogP contribution is -2.20. The third kappa shape index (κ3) is 2.86. The predicted octanol–water partition coefficient (Wildman–Crippen LogP) is 3.06. The molecular weight excluding hydrogens is 272 g/mol. The first-order valence-electron chi connectivity index (χ1n) is 6.91. The number of aryl methyl sites for hydroxylation is 2. The maximum Gasteiger partial charge on any atom is 0.264 e. The van der Waals surface area contributed by atoms with Gasteiger partial charge in [0.2, 0.25) is 0 Å². The van der Waals surface area contributed by atoms with Crippen molar-refractivity contribution in [3.05, 3.63) is 47.5 Å². The summed E-state index contributed by atoms with van der Waals surface area (Å²) in [7, 11) is -3.38. The van der Waals surface area contributed by atoms with Crippen molar-refractivity contribution in [2.24, 2.45) is 0 Å². The van der Waals surface area contributed by atoms with Gasteiger partial charge in [-0.1, -0.05) is 36.4 Å². The average Bonchev–Trinajstić information content (AvgIpc) is 2.38. The lowest BCUT2D eigenvalue weighted by Gasteiger charge is -2.21. The zero-order valence-corrected chi connectivity index (χ0v) is 12.3. The Morgan fingerprint density at radius 1 is 1.00 bits per heavy atom. The molecule has 0 saturated carbocycles. The highest BCUT2D eigenvalue weighted by molar-refractivity contribution is 7.86. The summed E-state index contributed by atoms with van der Waals surface area (Å²) < 4.78 is 27.8. The van der Waals surface area contributed by atoms with E-state index in [0.29, 0.717) is 0 Å². The monoisotopic (exact) mass is 290 g/mol. The van der Waals surface area contributed by atoms with Crippen LogP contribution in [0.2, 0.25) is 0 Å². The van der Waals surface area contributed by atoms with Gasteiger partial charge >= 0.3 is 0 Å². The standard InChI is InChI=1S/C16H18O3S/c1-20(17,18)19-15-10-8-13-6-2-4-12-5-3-7-14(9-11-15)16(12)13/h2-7,15H,8-11H2,1H3. The molecule has 2 aromatic carbocycles. The molecular formula is C16H18O3S. The van der Waals surface area contributed by atoms with Gasteiger partial charge in [-0.05, 0) is 47.6 Å². The Bertz CT molecular complexity index is 692. The fraction of sp³-hybridized carbons (Fsp3) is 0.375. The van der Waals surface area contributed by atoms with Crippen molar-refractivity contribution in [2.75, 3.05) is 6.26 Å². The molecule has 0 unspecified atom stereocenters. The maximum absolute atomic E-state index is 11.3. The molecule has 0 radical (unpaired) electrons. The van der Waals surface area contributed by atoms with Crippen molar-refractivity contribution < 1.29 is 12.6 Å². The van der Waals surface area contributed by atoms with Gasteiger partial charge in [-0.2, -0.15) is 8.42 Å². The topological polar surface area (TPSA) is 43.4 Å². The number of rotatable bonds is 2. The molecule has 0 saturated heterocycles. The minimum Gasteiger partial charge on any atom is -0.267 e. The second-order valence-electron chi connectivity index (χ2n) is 5.43. The fourth-order valence-electron chi connectivity index (χ4n) is 3.04. The fourth-order valence-corrected chi connectivity index (χ4v) is 3.73. The van der Waals surface area contributed by atoms with Crippen molar-refractivity contribution in [2.45, 2.75) is 31.8 Å². The van der Waals surface area contributed by atoms with Crippen molar-refractivity contribution in [1.82, 2.24) is 0 Å². The van der Waals surface area contributed by atoms with Gasteiger partial charge in [-0.25, -0.2) is 0 Å². The first-order chi connectivity index (χ1) is 9.53. The molecule has 0 N–H and O–H groups in total. The number of benzene rings is 2. The van der Waals surface area contributed by atoms with Gasteiger partial charge in [-0.3, -0.25) is 4.18 Å². The summed E-state index contributed by atoms with van der Waals surface area (Å²) in [5.74, 6) is 0. The molecule has 0 fully saturated rings. The van der Waals surface area contributed by atoms with Crippen molar-refractivity contribution in [3.63, 3.8) is 0 Å². The van der Waals surface area contributed by atoms with Crippen LogP contribution < -0.4 is 0 Å². The van der Waals surface area contributed by atoms with Crippen LogP contribution in [0.25, 0.3) is 10.8 Å². The summed E-state index contributed by atoms with van der Waals surface area (Å²) in [6.45, 7) is 0. The van der Waals surface area contributed by atoms with E-state index in [1.807, 2.05) is 0 Å². The molecule has 0 bridgehead atoms. The summed E-state index contributed by atoms with van der Waals surface area (Å²) in [5, 5.41) is 2.61. The predicted molar refractivity (Wildman–Crippen MR) is 80.3 cm³/mol. The minimum atomic E-state index is -3.38. The van der Waals surface area contributed by atoms with E-state index in [9.17, 15) is 8.42 Å². The highest BCUT2D eigenvalue weighted by Gasteiger charge is 2.19. The summed E-state index contributed by atoms with van der Waals surface area (Å²) >= 11 is 0. The maximum atomic E-state index is 11.3. The zero-order valence-electron chi connectivity index (χ0n) is 11.5. The number of hydrogen-bond donors (Lipinski definition) is 0. The van der Waals surface area contributed by atoms with Crippen LogP contribution in [-0.2, 0) is 27.1 Å². The quantitative estimate of drug-likeness (QED) is 0.798. The zero-order chi connectivity index (χ0) is 14.2. The van der Waals surface area contributed by atoms with Crippen LogP contribution in [-0.4, -0.2) is 20.8 Å². The molecule has 0 aliphatic heterocycles. The van der Waals surface area contributed by atoms with E-state index in [0.717, 1.165) is 31.9 Å². The Morgan fingerprint density at radius 3 is 2.05 bits per heavy atom. The molecule has 0 spiro atoms. The van der Waals surface area contributed by atoms with Crippen LogP contribution in [0.4, 0.5) is 0 Å². The average molecular weight is 290 g/mol. The van der Waals surface area contributed by atoms with Gasteiger partial charge < -0.3 is 0 Å². The van der Waals surface area contributed by atoms with Crippen LogP contribution >= 0.6 is 0 Å². The Labute approximate surface area is 119 Å². The SMILES string of the molecule is CS(=O)(=O)OC1CCc2cccc3cccc(c23)CC1. The first-order valence-corrected chi connectivity index (χ1v) is 8.72. The van der Waals surface area contributed by atoms with Crippen LogP contribution in [0.15, 0.2) is 36.4 Å². The Balaban J connectivity index is 1.97. The molecule has 2 aromatic rings. The third-order valence-corrected chi connectivity index (χ3v) is 4.48. The van der Waals surface area contributed by atoms with E-state index in [1.165, 1.54) is 21.9 Å². The molecule has 0 heterocycles. The normalized spacial score (nSPS) is 16.9. The van der Waals surface area contributed by atoms with Crippen molar-refractivity contribution in [3.8, 4) is 0 Å². The Hall–Kier alpha value is -1.39. The summed E-state index contributed by atoms with van der Waals surface area (Å²) in [5.41, 5.74) is 2.58. The molecule has 0 aromatic heterocycles. The Morgan fingerprint density at radius 2 is 1.55 bits per heavy atom. The second kappa shape index (κ2) is 5.19. The number of hydrogen-bond acceptors (Lipinski definition) is 3. The van der Waals surface area contributed by atoms with Crippen LogP contribution in [0, 0.1) is 0 Å². The molecule has 0 atom stereocenters. The summed E-state index contributed by atoms with van der Waals surface area (Å²) in [6.07, 6.45) is 4.12. The molecule has 106 valence electrons. The molecule has 20 heavy (non-hydrogen) atoms. The van der Waals surface area contributed by atoms with E-state index in [4.69, 9.17) is 4.18 Å². The molecule has 1 aliphatic carbocycles. The lowest BCUT2D eigenvalue weighted by atomic mass is 9.89. The van der Waals surface area contributed by atoms with Crippen molar-refractivity contribution >= 4 is 20.9 Å². The smallest absolute Gasteiger partial charge is 0.264 e. The van der Waals surface area contributed by atoms with E-state index in [-0.39, 0.29) is 6.10 Å². The highest BCUT2D eigenvalue weighted by atomic mass is 32.2. The molecule has 3 rings (SSSR count). The second-order valence-corrected chi connectivity index (χ2v) is 7.03. The molecule has 4 heteroatoms. The van der Waals surface area contributed by atoms with Crippen molar-refractivity contribution in [1.29, 1.82) is 0 Å². The van der Waals surface area contributed by atoms with Crippen LogP contribution in [0.3, 0.4) is 0 Å². The molecule has 3 nitrogen and oxygen atoms in total. The minimum absolute atomic E-state index is 0.214. The van der Waals surface area contributed by atoms with Crippen LogP contribution in [0.5, 0.6) is 0 Å². The van der Waals surface area contributed by atoms with E-state index in [1.54, 1.807) is 0 Å². The summed E-state index contributed by atoms with van der Waals surface area (Å²) in [6, 6.07) is 12.7. The van der Waals surface area contributed by atoms with E-state index >= 15 is 0 Å². The summed E-state index contributed by atoms with van der Waals surface area (Å²) in [4.78, 5) is 0. The highest BCUT2D eigenvalue weighted by Crippen LogP contribution is 2.29. The Kier molecular flexibility index (Phi) is 3.52.